The zero-order valence-electron chi connectivity index (χ0n) is 13.4. The molecule has 0 fully saturated rings. The third-order valence-corrected chi connectivity index (χ3v) is 3.89. The van der Waals surface area contributed by atoms with E-state index in [4.69, 9.17) is 4.52 Å². The molecule has 0 radical (unpaired) electrons. The van der Waals surface area contributed by atoms with Crippen LogP contribution < -0.4 is 5.32 Å². The first-order valence-corrected chi connectivity index (χ1v) is 8.44. The molecule has 3 aromatic rings. The van der Waals surface area contributed by atoms with Gasteiger partial charge < -0.3 is 9.84 Å². The highest BCUT2D eigenvalue weighted by molar-refractivity contribution is 9.10. The van der Waals surface area contributed by atoms with E-state index in [1.807, 2.05) is 0 Å². The topological polar surface area (TPSA) is 107 Å². The van der Waals surface area contributed by atoms with E-state index in [0.717, 1.165) is 0 Å². The highest BCUT2D eigenvalue weighted by atomic mass is 79.9. The average Bonchev–Trinajstić information content (AvgIpc) is 3.09. The molecule has 0 unspecified atom stereocenters. The Morgan fingerprint density at radius 2 is 2.08 bits per heavy atom. The number of aryl methyl sites for hydroxylation is 1. The van der Waals surface area contributed by atoms with Crippen LogP contribution in [0.25, 0.3) is 11.4 Å². The van der Waals surface area contributed by atoms with Gasteiger partial charge in [-0.2, -0.15) is 4.98 Å². The van der Waals surface area contributed by atoms with Crippen LogP contribution in [0.4, 0.5) is 15.9 Å². The van der Waals surface area contributed by atoms with E-state index >= 15 is 0 Å². The number of benzene rings is 1. The molecule has 8 nitrogen and oxygen atoms in total. The number of pyridine rings is 1. The number of nitrogens with one attached hydrogen (secondary N) is 1. The SMILES string of the molecule is O=[N+]([O-])c1cc(Br)cnc1NCCCc1nc(-c2ccc(F)cc2)no1. The zero-order valence-corrected chi connectivity index (χ0v) is 14.9. The summed E-state index contributed by atoms with van der Waals surface area (Å²) >= 11 is 3.16. The summed E-state index contributed by atoms with van der Waals surface area (Å²) in [6, 6.07) is 7.19. The number of halogens is 2. The number of hydrogen-bond acceptors (Lipinski definition) is 7. The molecule has 10 heteroatoms. The fraction of sp³-hybridized carbons (Fsp3) is 0.188. The average molecular weight is 422 g/mol. The maximum absolute atomic E-state index is 12.9. The van der Waals surface area contributed by atoms with Crippen molar-refractivity contribution in [3.8, 4) is 11.4 Å². The lowest BCUT2D eigenvalue weighted by atomic mass is 10.2. The van der Waals surface area contributed by atoms with Crippen molar-refractivity contribution in [3.63, 3.8) is 0 Å². The number of nitrogens with zero attached hydrogens (tertiary/aromatic N) is 4. The second kappa shape index (κ2) is 8.00. The zero-order chi connectivity index (χ0) is 18.5. The Balaban J connectivity index is 1.55. The van der Waals surface area contributed by atoms with Crippen LogP contribution in [0, 0.1) is 15.9 Å². The summed E-state index contributed by atoms with van der Waals surface area (Å²) < 4.78 is 18.6. The van der Waals surface area contributed by atoms with Crippen LogP contribution in [-0.2, 0) is 6.42 Å². The molecule has 0 aliphatic carbocycles. The second-order valence-corrected chi connectivity index (χ2v) is 6.24. The summed E-state index contributed by atoms with van der Waals surface area (Å²) in [6.45, 7) is 0.448. The van der Waals surface area contributed by atoms with Gasteiger partial charge in [-0.25, -0.2) is 9.37 Å². The predicted molar refractivity (Wildman–Crippen MR) is 95.1 cm³/mol. The van der Waals surface area contributed by atoms with Gasteiger partial charge in [0.05, 0.1) is 4.92 Å². The van der Waals surface area contributed by atoms with Crippen molar-refractivity contribution in [1.29, 1.82) is 0 Å². The van der Waals surface area contributed by atoms with Crippen molar-refractivity contribution in [2.75, 3.05) is 11.9 Å². The number of nitro groups is 1. The maximum atomic E-state index is 12.9. The Bertz CT molecular complexity index is 917. The first kappa shape index (κ1) is 17.9. The molecule has 2 aromatic heterocycles. The van der Waals surface area contributed by atoms with Crippen LogP contribution in [0.15, 0.2) is 45.5 Å². The first-order chi connectivity index (χ1) is 12.5. The molecule has 0 amide bonds. The van der Waals surface area contributed by atoms with Crippen molar-refractivity contribution in [2.24, 2.45) is 0 Å². The van der Waals surface area contributed by atoms with E-state index in [1.165, 1.54) is 24.4 Å². The smallest absolute Gasteiger partial charge is 0.312 e. The van der Waals surface area contributed by atoms with Gasteiger partial charge in [-0.3, -0.25) is 10.1 Å². The molecule has 26 heavy (non-hydrogen) atoms. The minimum atomic E-state index is -0.493. The van der Waals surface area contributed by atoms with Gasteiger partial charge in [-0.05, 0) is 46.6 Å². The van der Waals surface area contributed by atoms with Gasteiger partial charge in [0, 0.05) is 35.3 Å². The van der Waals surface area contributed by atoms with Crippen LogP contribution in [0.2, 0.25) is 0 Å². The lowest BCUT2D eigenvalue weighted by Crippen LogP contribution is -2.07. The number of aromatic nitrogens is 3. The van der Waals surface area contributed by atoms with E-state index in [2.05, 4.69) is 36.4 Å². The number of hydrogen-bond donors (Lipinski definition) is 1. The molecular weight excluding hydrogens is 409 g/mol. The van der Waals surface area contributed by atoms with Crippen LogP contribution >= 0.6 is 15.9 Å². The highest BCUT2D eigenvalue weighted by Gasteiger charge is 2.15. The Hall–Kier alpha value is -2.88. The van der Waals surface area contributed by atoms with Crippen molar-refractivity contribution in [2.45, 2.75) is 12.8 Å². The third kappa shape index (κ3) is 4.39. The monoisotopic (exact) mass is 421 g/mol. The quantitative estimate of drug-likeness (QED) is 0.349. The predicted octanol–water partition coefficient (Wildman–Crippen LogP) is 3.99. The third-order valence-electron chi connectivity index (χ3n) is 3.46. The molecule has 0 aliphatic heterocycles. The van der Waals surface area contributed by atoms with E-state index < -0.39 is 4.92 Å². The Kier molecular flexibility index (Phi) is 5.52. The molecule has 2 heterocycles. The van der Waals surface area contributed by atoms with Crippen molar-refractivity contribution >= 4 is 27.4 Å². The Morgan fingerprint density at radius 3 is 2.81 bits per heavy atom. The summed E-state index contributed by atoms with van der Waals surface area (Å²) in [5, 5.41) is 17.8. The standard InChI is InChI=1S/C16H13BrFN5O3/c17-11-8-13(23(24)25)16(20-9-11)19-7-1-2-14-21-15(22-26-14)10-3-5-12(18)6-4-10/h3-6,8-9H,1-2,7H2,(H,19,20). The fourth-order valence-corrected chi connectivity index (χ4v) is 2.54. The summed E-state index contributed by atoms with van der Waals surface area (Å²) in [4.78, 5) is 18.8. The van der Waals surface area contributed by atoms with Gasteiger partial charge in [0.2, 0.25) is 17.5 Å². The molecule has 1 N–H and O–H groups in total. The van der Waals surface area contributed by atoms with Crippen molar-refractivity contribution in [3.05, 3.63) is 62.8 Å². The first-order valence-electron chi connectivity index (χ1n) is 7.65. The lowest BCUT2D eigenvalue weighted by molar-refractivity contribution is -0.384. The fourth-order valence-electron chi connectivity index (χ4n) is 2.22. The Morgan fingerprint density at radius 1 is 1.31 bits per heavy atom. The van der Waals surface area contributed by atoms with E-state index in [9.17, 15) is 14.5 Å². The molecule has 0 bridgehead atoms. The van der Waals surface area contributed by atoms with Gasteiger partial charge in [0.1, 0.15) is 5.82 Å². The van der Waals surface area contributed by atoms with Gasteiger partial charge in [-0.15, -0.1) is 0 Å². The summed E-state index contributed by atoms with van der Waals surface area (Å²) in [7, 11) is 0. The van der Waals surface area contributed by atoms with Gasteiger partial charge >= 0.3 is 5.69 Å². The van der Waals surface area contributed by atoms with Crippen molar-refractivity contribution in [1.82, 2.24) is 15.1 Å². The molecule has 134 valence electrons. The van der Waals surface area contributed by atoms with Gasteiger partial charge in [0.15, 0.2) is 0 Å². The maximum Gasteiger partial charge on any atom is 0.312 e. The van der Waals surface area contributed by atoms with Crippen LogP contribution in [-0.4, -0.2) is 26.6 Å². The van der Waals surface area contributed by atoms with Gasteiger partial charge in [-0.1, -0.05) is 5.16 Å². The van der Waals surface area contributed by atoms with Crippen molar-refractivity contribution < 1.29 is 13.8 Å². The molecule has 3 rings (SSSR count). The van der Waals surface area contributed by atoms with E-state index in [1.54, 1.807) is 12.1 Å². The van der Waals surface area contributed by atoms with Gasteiger partial charge in [0.25, 0.3) is 0 Å². The molecule has 0 saturated heterocycles. The molecular formula is C16H13BrFN5O3. The number of rotatable bonds is 7. The van der Waals surface area contributed by atoms with Crippen LogP contribution in [0.5, 0.6) is 0 Å². The summed E-state index contributed by atoms with van der Waals surface area (Å²) in [5.41, 5.74) is 0.560. The highest BCUT2D eigenvalue weighted by Crippen LogP contribution is 2.25. The van der Waals surface area contributed by atoms with E-state index in [-0.39, 0.29) is 17.3 Å². The molecule has 0 atom stereocenters. The molecule has 0 spiro atoms. The molecule has 0 saturated carbocycles. The van der Waals surface area contributed by atoms with Crippen LogP contribution in [0.1, 0.15) is 12.3 Å². The second-order valence-electron chi connectivity index (χ2n) is 5.33. The largest absolute Gasteiger partial charge is 0.364 e. The minimum absolute atomic E-state index is 0.101. The Labute approximate surface area is 155 Å². The van der Waals surface area contributed by atoms with Crippen LogP contribution in [0.3, 0.4) is 0 Å². The molecule has 1 aromatic carbocycles. The number of anilines is 1. The summed E-state index contributed by atoms with van der Waals surface area (Å²) in [5.74, 6) is 0.692. The lowest BCUT2D eigenvalue weighted by Gasteiger charge is -2.05. The van der Waals surface area contributed by atoms with E-state index in [0.29, 0.717) is 41.1 Å². The minimum Gasteiger partial charge on any atom is -0.364 e. The molecule has 0 aliphatic rings. The summed E-state index contributed by atoms with van der Waals surface area (Å²) in [6.07, 6.45) is 2.59. The normalized spacial score (nSPS) is 10.7.